The standard InChI is InChI=1S/C19H19F3N4O/c1-11-6-14(19(20,21)22)7-16(27)17(11)15-3-2-13-10-26(25-18(13)24-15)9-12-4-5-23-8-12/h2-3,6-7,10,12,23,27H,4-5,8-9H2,1H3/t12-/m0/s1. The van der Waals surface area contributed by atoms with Gasteiger partial charge in [0.2, 0.25) is 0 Å². The molecule has 0 bridgehead atoms. The number of rotatable bonds is 3. The lowest BCUT2D eigenvalue weighted by Gasteiger charge is -2.13. The highest BCUT2D eigenvalue weighted by Crippen LogP contribution is 2.38. The third-order valence-electron chi connectivity index (χ3n) is 4.92. The van der Waals surface area contributed by atoms with E-state index in [-0.39, 0.29) is 0 Å². The summed E-state index contributed by atoms with van der Waals surface area (Å²) in [5.41, 5.74) is 0.637. The van der Waals surface area contributed by atoms with Crippen molar-refractivity contribution in [3.8, 4) is 17.0 Å². The van der Waals surface area contributed by atoms with Crippen LogP contribution >= 0.6 is 0 Å². The van der Waals surface area contributed by atoms with Crippen LogP contribution in [0.2, 0.25) is 0 Å². The first kappa shape index (κ1) is 17.8. The van der Waals surface area contributed by atoms with E-state index in [1.165, 1.54) is 6.92 Å². The van der Waals surface area contributed by atoms with Crippen LogP contribution in [-0.4, -0.2) is 33.0 Å². The fraction of sp³-hybridized carbons (Fsp3) is 0.368. The highest BCUT2D eigenvalue weighted by atomic mass is 19.4. The Kier molecular flexibility index (Phi) is 4.30. The van der Waals surface area contributed by atoms with Crippen LogP contribution in [0.3, 0.4) is 0 Å². The molecule has 3 heterocycles. The topological polar surface area (TPSA) is 63.0 Å². The molecule has 0 spiro atoms. The molecule has 1 fully saturated rings. The molecule has 0 unspecified atom stereocenters. The second-order valence-electron chi connectivity index (χ2n) is 7.00. The van der Waals surface area contributed by atoms with Crippen LogP contribution in [0.25, 0.3) is 22.3 Å². The summed E-state index contributed by atoms with van der Waals surface area (Å²) in [5, 5.41) is 18.9. The Bertz CT molecular complexity index is 967. The maximum atomic E-state index is 12.9. The summed E-state index contributed by atoms with van der Waals surface area (Å²) in [4.78, 5) is 4.47. The number of benzene rings is 1. The van der Waals surface area contributed by atoms with E-state index in [2.05, 4.69) is 15.4 Å². The lowest BCUT2D eigenvalue weighted by molar-refractivity contribution is -0.137. The number of aromatic nitrogens is 3. The van der Waals surface area contributed by atoms with Gasteiger partial charge in [0.1, 0.15) is 5.75 Å². The fourth-order valence-electron chi connectivity index (χ4n) is 3.58. The number of nitrogens with one attached hydrogen (secondary N) is 1. The quantitative estimate of drug-likeness (QED) is 0.731. The number of halogens is 3. The van der Waals surface area contributed by atoms with E-state index in [1.54, 1.807) is 6.07 Å². The van der Waals surface area contributed by atoms with Gasteiger partial charge in [-0.25, -0.2) is 4.98 Å². The largest absolute Gasteiger partial charge is 0.507 e. The third-order valence-corrected chi connectivity index (χ3v) is 4.92. The van der Waals surface area contributed by atoms with Gasteiger partial charge in [0.15, 0.2) is 5.65 Å². The molecule has 1 atom stereocenters. The average Bonchev–Trinajstić information content (AvgIpc) is 3.22. The van der Waals surface area contributed by atoms with Crippen molar-refractivity contribution in [2.45, 2.75) is 26.1 Å². The Morgan fingerprint density at radius 3 is 2.78 bits per heavy atom. The predicted octanol–water partition coefficient (Wildman–Crippen LogP) is 3.74. The smallest absolute Gasteiger partial charge is 0.416 e. The van der Waals surface area contributed by atoms with Gasteiger partial charge in [-0.05, 0) is 62.2 Å². The summed E-state index contributed by atoms with van der Waals surface area (Å²) in [6.07, 6.45) is -1.48. The van der Waals surface area contributed by atoms with Crippen LogP contribution in [0.15, 0.2) is 30.5 Å². The number of aromatic hydroxyl groups is 1. The van der Waals surface area contributed by atoms with Gasteiger partial charge in [-0.1, -0.05) is 0 Å². The highest BCUT2D eigenvalue weighted by molar-refractivity contribution is 5.80. The molecule has 27 heavy (non-hydrogen) atoms. The van der Waals surface area contributed by atoms with Crippen molar-refractivity contribution in [2.75, 3.05) is 13.1 Å². The Labute approximate surface area is 153 Å². The number of alkyl halides is 3. The minimum Gasteiger partial charge on any atom is -0.507 e. The number of hydrogen-bond acceptors (Lipinski definition) is 4. The van der Waals surface area contributed by atoms with Gasteiger partial charge in [0.05, 0.1) is 11.3 Å². The first-order chi connectivity index (χ1) is 12.8. The highest BCUT2D eigenvalue weighted by Gasteiger charge is 2.32. The minimum absolute atomic E-state index is 0.291. The van der Waals surface area contributed by atoms with Crippen molar-refractivity contribution in [1.29, 1.82) is 0 Å². The van der Waals surface area contributed by atoms with E-state index in [4.69, 9.17) is 0 Å². The predicted molar refractivity (Wildman–Crippen MR) is 95.3 cm³/mol. The summed E-state index contributed by atoms with van der Waals surface area (Å²) in [6.45, 7) is 4.30. The Balaban J connectivity index is 1.69. The summed E-state index contributed by atoms with van der Waals surface area (Å²) in [7, 11) is 0. The molecule has 0 radical (unpaired) electrons. The van der Waals surface area contributed by atoms with Crippen molar-refractivity contribution in [1.82, 2.24) is 20.1 Å². The van der Waals surface area contributed by atoms with E-state index in [0.717, 1.165) is 43.6 Å². The van der Waals surface area contributed by atoms with Crippen molar-refractivity contribution < 1.29 is 18.3 Å². The second kappa shape index (κ2) is 6.53. The number of phenolic OH excluding ortho intramolecular Hbond substituents is 1. The number of nitrogens with zero attached hydrogens (tertiary/aromatic N) is 3. The van der Waals surface area contributed by atoms with Gasteiger partial charge in [-0.15, -0.1) is 0 Å². The molecule has 1 aromatic carbocycles. The summed E-state index contributed by atoms with van der Waals surface area (Å²) in [6, 6.07) is 5.28. The zero-order valence-corrected chi connectivity index (χ0v) is 14.7. The first-order valence-corrected chi connectivity index (χ1v) is 8.77. The number of fused-ring (bicyclic) bond motifs is 1. The molecule has 0 saturated carbocycles. The maximum absolute atomic E-state index is 12.9. The zero-order chi connectivity index (χ0) is 19.2. The second-order valence-corrected chi connectivity index (χ2v) is 7.00. The van der Waals surface area contributed by atoms with Crippen LogP contribution in [0.1, 0.15) is 17.5 Å². The first-order valence-electron chi connectivity index (χ1n) is 8.77. The van der Waals surface area contributed by atoms with Crippen LogP contribution in [0.4, 0.5) is 13.2 Å². The molecular formula is C19H19F3N4O. The number of phenols is 1. The van der Waals surface area contributed by atoms with Gasteiger partial charge in [0.25, 0.3) is 0 Å². The molecule has 1 saturated heterocycles. The summed E-state index contributed by atoms with van der Waals surface area (Å²) >= 11 is 0. The lowest BCUT2D eigenvalue weighted by Crippen LogP contribution is -2.14. The van der Waals surface area contributed by atoms with E-state index in [0.29, 0.717) is 28.4 Å². The van der Waals surface area contributed by atoms with Gasteiger partial charge in [-0.2, -0.15) is 18.3 Å². The molecule has 4 rings (SSSR count). The van der Waals surface area contributed by atoms with Crippen molar-refractivity contribution >= 4 is 11.0 Å². The van der Waals surface area contributed by atoms with E-state index < -0.39 is 17.5 Å². The van der Waals surface area contributed by atoms with Gasteiger partial charge >= 0.3 is 6.18 Å². The molecular weight excluding hydrogens is 357 g/mol. The molecule has 5 nitrogen and oxygen atoms in total. The molecule has 3 aromatic rings. The van der Waals surface area contributed by atoms with Crippen molar-refractivity contribution in [2.24, 2.45) is 5.92 Å². The normalized spacial score (nSPS) is 17.7. The SMILES string of the molecule is Cc1cc(C(F)(F)F)cc(O)c1-c1ccc2cn(C[C@H]3CCNC3)nc2n1. The molecule has 0 aliphatic carbocycles. The van der Waals surface area contributed by atoms with Crippen molar-refractivity contribution in [3.63, 3.8) is 0 Å². The van der Waals surface area contributed by atoms with Crippen molar-refractivity contribution in [3.05, 3.63) is 41.6 Å². The average molecular weight is 376 g/mol. The molecule has 2 N–H and O–H groups in total. The monoisotopic (exact) mass is 376 g/mol. The van der Waals surface area contributed by atoms with Crippen LogP contribution < -0.4 is 5.32 Å². The number of hydrogen-bond donors (Lipinski definition) is 2. The van der Waals surface area contributed by atoms with Crippen LogP contribution in [0, 0.1) is 12.8 Å². The molecule has 142 valence electrons. The van der Waals surface area contributed by atoms with Gasteiger partial charge in [-0.3, -0.25) is 4.68 Å². The van der Waals surface area contributed by atoms with Gasteiger partial charge in [0, 0.05) is 23.7 Å². The molecule has 0 amide bonds. The third kappa shape index (κ3) is 3.49. The Hall–Kier alpha value is -2.61. The Morgan fingerprint density at radius 2 is 2.11 bits per heavy atom. The molecule has 1 aliphatic heterocycles. The maximum Gasteiger partial charge on any atom is 0.416 e. The fourth-order valence-corrected chi connectivity index (χ4v) is 3.58. The van der Waals surface area contributed by atoms with E-state index >= 15 is 0 Å². The Morgan fingerprint density at radius 1 is 1.30 bits per heavy atom. The van der Waals surface area contributed by atoms with Crippen LogP contribution in [0.5, 0.6) is 5.75 Å². The summed E-state index contributed by atoms with van der Waals surface area (Å²) < 4.78 is 40.6. The van der Waals surface area contributed by atoms with E-state index in [1.807, 2.05) is 16.9 Å². The van der Waals surface area contributed by atoms with Crippen LogP contribution in [-0.2, 0) is 12.7 Å². The number of pyridine rings is 1. The van der Waals surface area contributed by atoms with E-state index in [9.17, 15) is 18.3 Å². The molecule has 8 heteroatoms. The molecule has 2 aromatic heterocycles. The summed E-state index contributed by atoms with van der Waals surface area (Å²) in [5.74, 6) is 0.0885. The number of aryl methyl sites for hydroxylation is 1. The zero-order valence-electron chi connectivity index (χ0n) is 14.7. The minimum atomic E-state index is -4.51. The van der Waals surface area contributed by atoms with Gasteiger partial charge < -0.3 is 10.4 Å². The lowest BCUT2D eigenvalue weighted by atomic mass is 10.00. The molecule has 1 aliphatic rings.